The molecule has 0 aromatic heterocycles. The highest BCUT2D eigenvalue weighted by Crippen LogP contribution is 2.41. The number of thioether (sulfide) groups is 1. The van der Waals surface area contributed by atoms with Gasteiger partial charge < -0.3 is 10.4 Å². The Labute approximate surface area is 189 Å². The Hall–Kier alpha value is -2.65. The number of amides is 2. The number of carbonyl (C=O) groups excluding carboxylic acids is 3. The zero-order valence-electron chi connectivity index (χ0n) is 17.7. The van der Waals surface area contributed by atoms with E-state index in [1.165, 1.54) is 22.7 Å². The lowest BCUT2D eigenvalue weighted by Gasteiger charge is -2.49. The number of β-lactam (4-membered cyclic amide) rings is 1. The van der Waals surface area contributed by atoms with Gasteiger partial charge in [-0.15, -0.1) is 11.8 Å². The quantitative estimate of drug-likeness (QED) is 0.278. The van der Waals surface area contributed by atoms with Gasteiger partial charge in [0.15, 0.2) is 0 Å². The van der Waals surface area contributed by atoms with E-state index in [1.54, 1.807) is 24.3 Å². The summed E-state index contributed by atoms with van der Waals surface area (Å²) in [5.41, 5.74) is 3.04. The number of carboxylic acid groups (broad SMARTS) is 1. The summed E-state index contributed by atoms with van der Waals surface area (Å²) >= 11 is 1.40. The van der Waals surface area contributed by atoms with Gasteiger partial charge in [0, 0.05) is 16.7 Å². The van der Waals surface area contributed by atoms with E-state index >= 15 is 0 Å². The SMILES string of the molecule is CC1C=C(C(=O)O)N2C(=O)C(NC(=O)C(NOC(C)C3CC3)C3C=CC=CC3=C=O)[C@H]2S1. The summed E-state index contributed by atoms with van der Waals surface area (Å²) in [4.78, 5) is 55.8. The molecule has 4 aliphatic rings. The Bertz CT molecular complexity index is 965. The number of allylic oxidation sites excluding steroid dienone is 3. The zero-order chi connectivity index (χ0) is 23.0. The maximum atomic E-state index is 13.3. The van der Waals surface area contributed by atoms with Crippen molar-refractivity contribution in [1.82, 2.24) is 15.7 Å². The molecule has 2 aliphatic carbocycles. The summed E-state index contributed by atoms with van der Waals surface area (Å²) in [5.74, 6) is -0.490. The van der Waals surface area contributed by atoms with Crippen molar-refractivity contribution in [3.63, 3.8) is 0 Å². The van der Waals surface area contributed by atoms with E-state index in [-0.39, 0.29) is 17.1 Å². The molecule has 10 heteroatoms. The van der Waals surface area contributed by atoms with Crippen LogP contribution in [0.25, 0.3) is 0 Å². The number of rotatable bonds is 8. The number of nitrogens with one attached hydrogen (secondary N) is 2. The molecule has 170 valence electrons. The van der Waals surface area contributed by atoms with Gasteiger partial charge >= 0.3 is 5.97 Å². The summed E-state index contributed by atoms with van der Waals surface area (Å²) in [7, 11) is 0. The van der Waals surface area contributed by atoms with Crippen LogP contribution in [0.5, 0.6) is 0 Å². The van der Waals surface area contributed by atoms with E-state index in [4.69, 9.17) is 4.84 Å². The Morgan fingerprint density at radius 2 is 2.09 bits per heavy atom. The van der Waals surface area contributed by atoms with Crippen LogP contribution in [0, 0.1) is 11.8 Å². The predicted molar refractivity (Wildman–Crippen MR) is 117 cm³/mol. The molecule has 0 aromatic carbocycles. The summed E-state index contributed by atoms with van der Waals surface area (Å²) in [6.07, 6.45) is 10.3. The molecule has 0 radical (unpaired) electrons. The van der Waals surface area contributed by atoms with Crippen LogP contribution in [-0.4, -0.2) is 62.5 Å². The van der Waals surface area contributed by atoms with Crippen LogP contribution in [0.1, 0.15) is 26.7 Å². The second-order valence-corrected chi connectivity index (χ2v) is 9.87. The average molecular weight is 460 g/mol. The minimum absolute atomic E-state index is 0.0699. The number of hydrogen-bond donors (Lipinski definition) is 3. The summed E-state index contributed by atoms with van der Waals surface area (Å²) in [5, 5.41) is 11.5. The molecule has 6 atom stereocenters. The van der Waals surface area contributed by atoms with Gasteiger partial charge in [-0.1, -0.05) is 18.2 Å². The van der Waals surface area contributed by atoms with Crippen molar-refractivity contribution >= 4 is 35.5 Å². The number of carboxylic acids is 1. The minimum Gasteiger partial charge on any atom is -0.477 e. The molecular weight excluding hydrogens is 434 g/mol. The summed E-state index contributed by atoms with van der Waals surface area (Å²) in [6.45, 7) is 3.75. The third kappa shape index (κ3) is 4.31. The Morgan fingerprint density at radius 1 is 1.34 bits per heavy atom. The average Bonchev–Trinajstić information content (AvgIpc) is 3.62. The Balaban J connectivity index is 1.50. The third-order valence-corrected chi connectivity index (χ3v) is 7.38. The monoisotopic (exact) mass is 459 g/mol. The highest BCUT2D eigenvalue weighted by molar-refractivity contribution is 8.00. The molecule has 5 unspecified atom stereocenters. The highest BCUT2D eigenvalue weighted by Gasteiger charge is 2.54. The van der Waals surface area contributed by atoms with Crippen LogP contribution < -0.4 is 10.8 Å². The van der Waals surface area contributed by atoms with Crippen molar-refractivity contribution in [1.29, 1.82) is 0 Å². The van der Waals surface area contributed by atoms with Crippen LogP contribution in [0.3, 0.4) is 0 Å². The van der Waals surface area contributed by atoms with Crippen LogP contribution in [-0.2, 0) is 24.0 Å². The Morgan fingerprint density at radius 3 is 2.75 bits per heavy atom. The number of hydrogen-bond acceptors (Lipinski definition) is 7. The van der Waals surface area contributed by atoms with Crippen molar-refractivity contribution in [2.24, 2.45) is 11.8 Å². The highest BCUT2D eigenvalue weighted by atomic mass is 32.2. The normalized spacial score (nSPS) is 30.6. The number of carbonyl (C=O) groups is 3. The molecule has 32 heavy (non-hydrogen) atoms. The standard InChI is InChI=1S/C22H25N3O6S/c1-11-9-16(22(29)30)25-20(28)18(21(25)32-11)23-19(27)17(24-31-12(2)13-7-8-13)15-6-4-3-5-14(15)10-26/h3-6,9,11-13,15,17-18,21,24H,7-8H2,1-2H3,(H,23,27)(H,29,30)/t11?,12?,15?,17?,18?,21-/m1/s1. The lowest BCUT2D eigenvalue weighted by atomic mass is 9.88. The first-order valence-electron chi connectivity index (χ1n) is 10.6. The molecule has 0 aromatic rings. The molecule has 2 aliphatic heterocycles. The van der Waals surface area contributed by atoms with E-state index in [2.05, 4.69) is 10.8 Å². The molecule has 2 amide bonds. The molecule has 1 saturated carbocycles. The lowest BCUT2D eigenvalue weighted by Crippen LogP contribution is -2.72. The molecule has 1 saturated heterocycles. The van der Waals surface area contributed by atoms with Gasteiger partial charge in [-0.05, 0) is 44.8 Å². The second-order valence-electron chi connectivity index (χ2n) is 8.37. The lowest BCUT2D eigenvalue weighted by molar-refractivity contribution is -0.151. The maximum Gasteiger partial charge on any atom is 0.352 e. The molecule has 9 nitrogen and oxygen atoms in total. The van der Waals surface area contributed by atoms with Gasteiger partial charge in [0.05, 0.1) is 6.10 Å². The van der Waals surface area contributed by atoms with Gasteiger partial charge in [-0.2, -0.15) is 5.48 Å². The van der Waals surface area contributed by atoms with Crippen molar-refractivity contribution in [2.75, 3.05) is 0 Å². The van der Waals surface area contributed by atoms with Gasteiger partial charge in [0.2, 0.25) is 5.91 Å². The summed E-state index contributed by atoms with van der Waals surface area (Å²) in [6, 6.07) is -1.83. The first-order chi connectivity index (χ1) is 15.3. The van der Waals surface area contributed by atoms with E-state index in [1.807, 2.05) is 19.8 Å². The van der Waals surface area contributed by atoms with Crippen LogP contribution >= 0.6 is 11.8 Å². The van der Waals surface area contributed by atoms with Gasteiger partial charge in [0.25, 0.3) is 5.91 Å². The molecule has 0 bridgehead atoms. The third-order valence-electron chi connectivity index (χ3n) is 6.06. The first-order valence-corrected chi connectivity index (χ1v) is 11.5. The zero-order valence-corrected chi connectivity index (χ0v) is 18.5. The fourth-order valence-electron chi connectivity index (χ4n) is 4.05. The largest absolute Gasteiger partial charge is 0.477 e. The molecule has 2 fully saturated rings. The predicted octanol–water partition coefficient (Wildman–Crippen LogP) is 0.932. The van der Waals surface area contributed by atoms with Gasteiger partial charge in [-0.3, -0.25) is 19.3 Å². The summed E-state index contributed by atoms with van der Waals surface area (Å²) < 4.78 is 0. The van der Waals surface area contributed by atoms with Crippen LogP contribution in [0.15, 0.2) is 41.7 Å². The number of aliphatic carboxylic acids is 1. The van der Waals surface area contributed by atoms with Crippen LogP contribution in [0.4, 0.5) is 0 Å². The molecule has 3 N–H and O–H groups in total. The fraction of sp³-hybridized carbons (Fsp3) is 0.500. The molecule has 0 spiro atoms. The van der Waals surface area contributed by atoms with Crippen molar-refractivity contribution in [3.05, 3.63) is 41.7 Å². The Kier molecular flexibility index (Phi) is 6.39. The minimum atomic E-state index is -1.18. The van der Waals surface area contributed by atoms with E-state index in [0.29, 0.717) is 11.5 Å². The van der Waals surface area contributed by atoms with E-state index in [9.17, 15) is 24.3 Å². The molecule has 4 rings (SSSR count). The van der Waals surface area contributed by atoms with Crippen molar-refractivity contribution in [3.8, 4) is 0 Å². The number of hydroxylamine groups is 1. The second kappa shape index (κ2) is 9.07. The van der Waals surface area contributed by atoms with Crippen molar-refractivity contribution in [2.45, 2.75) is 55.5 Å². The van der Waals surface area contributed by atoms with Crippen LogP contribution in [0.2, 0.25) is 0 Å². The molecule has 2 heterocycles. The van der Waals surface area contributed by atoms with E-state index in [0.717, 1.165) is 12.8 Å². The first kappa shape index (κ1) is 22.5. The number of fused-ring (bicyclic) bond motifs is 1. The van der Waals surface area contributed by atoms with E-state index < -0.39 is 41.2 Å². The smallest absolute Gasteiger partial charge is 0.352 e. The maximum absolute atomic E-state index is 13.3. The topological polar surface area (TPSA) is 125 Å². The van der Waals surface area contributed by atoms with Gasteiger partial charge in [0.1, 0.15) is 29.1 Å². The fourth-order valence-corrected chi connectivity index (χ4v) is 5.38. The van der Waals surface area contributed by atoms with Crippen molar-refractivity contribution < 1.29 is 29.1 Å². The van der Waals surface area contributed by atoms with Gasteiger partial charge in [-0.25, -0.2) is 9.59 Å². The number of nitrogens with zero attached hydrogens (tertiary/aromatic N) is 1. The molecular formula is C22H25N3O6S.